The minimum absolute atomic E-state index is 0.172. The van der Waals surface area contributed by atoms with E-state index in [4.69, 9.17) is 0 Å². The van der Waals surface area contributed by atoms with E-state index in [0.717, 1.165) is 29.7 Å². The van der Waals surface area contributed by atoms with E-state index in [2.05, 4.69) is 15.4 Å². The summed E-state index contributed by atoms with van der Waals surface area (Å²) in [5, 5.41) is 5.49. The van der Waals surface area contributed by atoms with Crippen LogP contribution in [0.25, 0.3) is 0 Å². The zero-order valence-corrected chi connectivity index (χ0v) is 16.9. The van der Waals surface area contributed by atoms with Gasteiger partial charge in [-0.3, -0.25) is 4.79 Å². The van der Waals surface area contributed by atoms with Crippen molar-refractivity contribution in [2.45, 2.75) is 38.7 Å². The zero-order valence-electron chi connectivity index (χ0n) is 16.9. The molecule has 6 nitrogen and oxygen atoms in total. The van der Waals surface area contributed by atoms with E-state index in [1.807, 2.05) is 29.2 Å². The van der Waals surface area contributed by atoms with Crippen molar-refractivity contribution in [2.75, 3.05) is 13.1 Å². The molecule has 31 heavy (non-hydrogen) atoms. The number of nitrogens with zero attached hydrogens (tertiary/aromatic N) is 1. The number of carbonyl (C=O) groups is 2. The van der Waals surface area contributed by atoms with Gasteiger partial charge >= 0.3 is 12.4 Å². The third-order valence-corrected chi connectivity index (χ3v) is 4.85. The van der Waals surface area contributed by atoms with Crippen molar-refractivity contribution in [3.8, 4) is 5.75 Å². The number of halogens is 3. The molecule has 9 heteroatoms. The van der Waals surface area contributed by atoms with Gasteiger partial charge in [0, 0.05) is 32.6 Å². The maximum absolute atomic E-state index is 12.2. The molecule has 0 aliphatic carbocycles. The monoisotopic (exact) mass is 435 g/mol. The molecule has 1 saturated heterocycles. The summed E-state index contributed by atoms with van der Waals surface area (Å²) in [7, 11) is 0. The quantitative estimate of drug-likeness (QED) is 0.664. The third kappa shape index (κ3) is 7.51. The molecule has 166 valence electrons. The molecule has 1 aliphatic rings. The molecule has 3 amide bonds. The minimum atomic E-state index is -4.72. The topological polar surface area (TPSA) is 70.7 Å². The number of ether oxygens (including phenoxy) is 1. The summed E-state index contributed by atoms with van der Waals surface area (Å²) in [5.41, 5.74) is 2.73. The molecule has 2 aromatic carbocycles. The number of likely N-dealkylation sites (tertiary alicyclic amines) is 1. The molecule has 2 aromatic rings. The first-order chi connectivity index (χ1) is 14.8. The lowest BCUT2D eigenvalue weighted by atomic mass is 10.1. The fraction of sp³-hybridized carbons (Fsp3) is 0.364. The van der Waals surface area contributed by atoms with Gasteiger partial charge < -0.3 is 20.3 Å². The van der Waals surface area contributed by atoms with Crippen molar-refractivity contribution in [3.63, 3.8) is 0 Å². The Morgan fingerprint density at radius 1 is 1.03 bits per heavy atom. The summed E-state index contributed by atoms with van der Waals surface area (Å²) >= 11 is 0. The first-order valence-electron chi connectivity index (χ1n) is 10.0. The van der Waals surface area contributed by atoms with Crippen molar-refractivity contribution >= 4 is 11.9 Å². The zero-order chi connectivity index (χ0) is 22.3. The number of carbonyl (C=O) groups excluding carboxylic acids is 2. The van der Waals surface area contributed by atoms with E-state index in [1.54, 1.807) is 0 Å². The number of urea groups is 1. The Morgan fingerprint density at radius 2 is 1.77 bits per heavy atom. The van der Waals surface area contributed by atoms with Gasteiger partial charge in [-0.05, 0) is 41.7 Å². The fourth-order valence-electron chi connectivity index (χ4n) is 3.35. The maximum atomic E-state index is 12.2. The van der Waals surface area contributed by atoms with E-state index in [9.17, 15) is 22.8 Å². The smallest absolute Gasteiger partial charge is 0.406 e. The first-order valence-corrected chi connectivity index (χ1v) is 10.0. The van der Waals surface area contributed by atoms with Crippen LogP contribution in [0.2, 0.25) is 0 Å². The molecule has 1 heterocycles. The van der Waals surface area contributed by atoms with Crippen LogP contribution in [0, 0.1) is 0 Å². The lowest BCUT2D eigenvalue weighted by Crippen LogP contribution is -2.36. The van der Waals surface area contributed by atoms with E-state index < -0.39 is 6.36 Å². The van der Waals surface area contributed by atoms with Crippen LogP contribution in [-0.2, 0) is 24.3 Å². The molecule has 0 spiro atoms. The van der Waals surface area contributed by atoms with E-state index in [1.165, 1.54) is 24.3 Å². The average molecular weight is 435 g/mol. The Hall–Kier alpha value is -3.23. The molecule has 0 atom stereocenters. The fourth-order valence-corrected chi connectivity index (χ4v) is 3.35. The van der Waals surface area contributed by atoms with Crippen molar-refractivity contribution in [2.24, 2.45) is 0 Å². The summed E-state index contributed by atoms with van der Waals surface area (Å²) in [5.74, 6) is -0.108. The standard InChI is InChI=1S/C22H24F3N3O3/c23-22(24,25)31-19-8-6-16(7-9-19)10-11-26-21(30)27-14-17-3-1-4-18(13-17)15-28-12-2-5-20(28)29/h1,3-4,6-9,13H,2,5,10-12,14-15H2,(H2,26,27,30). The number of hydrogen-bond acceptors (Lipinski definition) is 3. The minimum Gasteiger partial charge on any atom is -0.406 e. The van der Waals surface area contributed by atoms with E-state index in [0.29, 0.717) is 32.5 Å². The summed E-state index contributed by atoms with van der Waals surface area (Å²) < 4.78 is 40.3. The number of alkyl halides is 3. The molecule has 1 fully saturated rings. The second-order valence-electron chi connectivity index (χ2n) is 7.29. The Morgan fingerprint density at radius 3 is 2.45 bits per heavy atom. The van der Waals surface area contributed by atoms with Crippen LogP contribution in [0.3, 0.4) is 0 Å². The highest BCUT2D eigenvalue weighted by Crippen LogP contribution is 2.22. The summed E-state index contributed by atoms with van der Waals surface area (Å²) in [4.78, 5) is 25.6. The largest absolute Gasteiger partial charge is 0.573 e. The molecule has 0 aromatic heterocycles. The second kappa shape index (κ2) is 10.2. The normalized spacial score (nSPS) is 13.9. The maximum Gasteiger partial charge on any atom is 0.573 e. The second-order valence-corrected chi connectivity index (χ2v) is 7.29. The van der Waals surface area contributed by atoms with Gasteiger partial charge in [0.25, 0.3) is 0 Å². The Bertz CT molecular complexity index is 901. The summed E-state index contributed by atoms with van der Waals surface area (Å²) in [6, 6.07) is 12.9. The van der Waals surface area contributed by atoms with Gasteiger partial charge in [-0.15, -0.1) is 13.2 Å². The lowest BCUT2D eigenvalue weighted by molar-refractivity contribution is -0.274. The van der Waals surface area contributed by atoms with Crippen LogP contribution >= 0.6 is 0 Å². The van der Waals surface area contributed by atoms with Gasteiger partial charge in [0.1, 0.15) is 5.75 Å². The average Bonchev–Trinajstić information content (AvgIpc) is 3.11. The van der Waals surface area contributed by atoms with Crippen LogP contribution in [0.4, 0.5) is 18.0 Å². The summed E-state index contributed by atoms with van der Waals surface area (Å²) in [6.45, 7) is 2.03. The van der Waals surface area contributed by atoms with Crippen LogP contribution in [0.15, 0.2) is 48.5 Å². The van der Waals surface area contributed by atoms with Crippen LogP contribution in [-0.4, -0.2) is 36.3 Å². The van der Waals surface area contributed by atoms with Crippen LogP contribution < -0.4 is 15.4 Å². The van der Waals surface area contributed by atoms with Crippen LogP contribution in [0.5, 0.6) is 5.75 Å². The predicted octanol–water partition coefficient (Wildman–Crippen LogP) is 3.75. The number of nitrogens with one attached hydrogen (secondary N) is 2. The third-order valence-electron chi connectivity index (χ3n) is 4.85. The molecule has 0 bridgehead atoms. The number of benzene rings is 2. The number of rotatable bonds is 8. The van der Waals surface area contributed by atoms with Crippen molar-refractivity contribution in [3.05, 3.63) is 65.2 Å². The van der Waals surface area contributed by atoms with Crippen molar-refractivity contribution in [1.82, 2.24) is 15.5 Å². The van der Waals surface area contributed by atoms with Gasteiger partial charge in [0.15, 0.2) is 0 Å². The van der Waals surface area contributed by atoms with Gasteiger partial charge in [-0.2, -0.15) is 0 Å². The van der Waals surface area contributed by atoms with Gasteiger partial charge in [0.2, 0.25) is 5.91 Å². The summed E-state index contributed by atoms with van der Waals surface area (Å²) in [6.07, 6.45) is -2.75. The van der Waals surface area contributed by atoms with Gasteiger partial charge in [0.05, 0.1) is 0 Å². The number of hydrogen-bond donors (Lipinski definition) is 2. The van der Waals surface area contributed by atoms with Gasteiger partial charge in [-0.1, -0.05) is 36.4 Å². The molecule has 2 N–H and O–H groups in total. The predicted molar refractivity (Wildman–Crippen MR) is 108 cm³/mol. The molecule has 1 aliphatic heterocycles. The molecule has 3 rings (SSSR count). The molecule has 0 unspecified atom stereocenters. The van der Waals surface area contributed by atoms with Crippen LogP contribution in [0.1, 0.15) is 29.5 Å². The Labute approximate surface area is 178 Å². The molecule has 0 saturated carbocycles. The van der Waals surface area contributed by atoms with Crippen molar-refractivity contribution < 1.29 is 27.5 Å². The van der Waals surface area contributed by atoms with Gasteiger partial charge in [-0.25, -0.2) is 4.79 Å². The van der Waals surface area contributed by atoms with E-state index in [-0.39, 0.29) is 17.7 Å². The van der Waals surface area contributed by atoms with E-state index >= 15 is 0 Å². The Balaban J connectivity index is 1.38. The highest BCUT2D eigenvalue weighted by atomic mass is 19.4. The van der Waals surface area contributed by atoms with Crippen molar-refractivity contribution in [1.29, 1.82) is 0 Å². The lowest BCUT2D eigenvalue weighted by Gasteiger charge is -2.16. The first kappa shape index (κ1) is 22.5. The molecular weight excluding hydrogens is 411 g/mol. The molecular formula is C22H24F3N3O3. The Kier molecular flexibility index (Phi) is 7.38. The molecule has 0 radical (unpaired) electrons. The highest BCUT2D eigenvalue weighted by Gasteiger charge is 2.30. The number of amides is 3. The highest BCUT2D eigenvalue weighted by molar-refractivity contribution is 5.78. The SMILES string of the molecule is O=C(NCCc1ccc(OC(F)(F)F)cc1)NCc1cccc(CN2CCCC2=O)c1.